The second-order valence-electron chi connectivity index (χ2n) is 7.98. The first-order chi connectivity index (χ1) is 16.9. The van der Waals surface area contributed by atoms with Crippen molar-refractivity contribution in [3.8, 4) is 11.5 Å². The molecular formula is C26H22N2O6S. The Morgan fingerprint density at radius 2 is 1.89 bits per heavy atom. The van der Waals surface area contributed by atoms with Gasteiger partial charge in [0.1, 0.15) is 22.8 Å². The Hall–Kier alpha value is -3.98. The zero-order chi connectivity index (χ0) is 24.5. The number of furan rings is 1. The molecule has 1 aromatic heterocycles. The van der Waals surface area contributed by atoms with Crippen molar-refractivity contribution in [3.05, 3.63) is 82.4 Å². The Bertz CT molecular complexity index is 1370. The van der Waals surface area contributed by atoms with Crippen LogP contribution in [0.4, 0.5) is 5.69 Å². The molecule has 0 atom stereocenters. The Morgan fingerprint density at radius 3 is 2.66 bits per heavy atom. The smallest absolute Gasteiger partial charge is 0.341 e. The second-order valence-corrected chi connectivity index (χ2v) is 8.92. The summed E-state index contributed by atoms with van der Waals surface area (Å²) in [6, 6.07) is 14.8. The summed E-state index contributed by atoms with van der Waals surface area (Å²) < 4.78 is 21.3. The van der Waals surface area contributed by atoms with Crippen LogP contribution in [-0.2, 0) is 15.3 Å². The largest absolute Gasteiger partial charge is 0.465 e. The molecule has 2 aliphatic rings. The van der Waals surface area contributed by atoms with E-state index >= 15 is 0 Å². The van der Waals surface area contributed by atoms with Crippen molar-refractivity contribution in [1.29, 1.82) is 0 Å². The molecule has 0 saturated carbocycles. The molecule has 0 unspecified atom stereocenters. The number of hydrogen-bond donors (Lipinski definition) is 0. The number of nitrogens with zero attached hydrogens (tertiary/aromatic N) is 2. The van der Waals surface area contributed by atoms with E-state index in [0.717, 1.165) is 11.1 Å². The number of rotatable bonds is 5. The molecule has 0 fully saturated rings. The zero-order valence-corrected chi connectivity index (χ0v) is 20.2. The summed E-state index contributed by atoms with van der Waals surface area (Å²) in [5.74, 6) is 2.06. The maximum atomic E-state index is 13.4. The first kappa shape index (κ1) is 22.8. The van der Waals surface area contributed by atoms with E-state index in [1.165, 1.54) is 18.9 Å². The number of aryl methyl sites for hydroxylation is 2. The topological polar surface area (TPSA) is 90.6 Å². The molecule has 0 aliphatic carbocycles. The van der Waals surface area contributed by atoms with Crippen molar-refractivity contribution in [2.75, 3.05) is 18.8 Å². The summed E-state index contributed by atoms with van der Waals surface area (Å²) in [5, 5.41) is 0.513. The quantitative estimate of drug-likeness (QED) is 0.363. The van der Waals surface area contributed by atoms with Crippen LogP contribution in [-0.4, -0.2) is 30.9 Å². The second kappa shape index (κ2) is 9.34. The number of thioether (sulfide) groups is 1. The van der Waals surface area contributed by atoms with Crippen molar-refractivity contribution in [3.63, 3.8) is 0 Å². The lowest BCUT2D eigenvalue weighted by molar-refractivity contribution is -0.113. The van der Waals surface area contributed by atoms with Gasteiger partial charge in [0.2, 0.25) is 6.79 Å². The summed E-state index contributed by atoms with van der Waals surface area (Å²) in [5.41, 5.74) is 3.26. The fourth-order valence-electron chi connectivity index (χ4n) is 3.74. The van der Waals surface area contributed by atoms with Crippen LogP contribution < -0.4 is 14.4 Å². The van der Waals surface area contributed by atoms with Gasteiger partial charge in [-0.25, -0.2) is 9.79 Å². The molecule has 9 heteroatoms. The minimum atomic E-state index is -0.453. The van der Waals surface area contributed by atoms with Gasteiger partial charge in [-0.15, -0.1) is 0 Å². The number of carbonyl (C=O) groups is 2. The number of anilines is 1. The number of fused-ring (bicyclic) bond motifs is 1. The predicted molar refractivity (Wildman–Crippen MR) is 133 cm³/mol. The van der Waals surface area contributed by atoms with E-state index < -0.39 is 5.97 Å². The highest BCUT2D eigenvalue weighted by Gasteiger charge is 2.32. The monoisotopic (exact) mass is 490 g/mol. The molecule has 178 valence electrons. The maximum absolute atomic E-state index is 13.4. The van der Waals surface area contributed by atoms with Crippen LogP contribution in [0.2, 0.25) is 0 Å². The van der Waals surface area contributed by atoms with Gasteiger partial charge in [0.25, 0.3) is 5.91 Å². The van der Waals surface area contributed by atoms with Gasteiger partial charge in [0, 0.05) is 0 Å². The highest BCUT2D eigenvalue weighted by molar-refractivity contribution is 8.13. The lowest BCUT2D eigenvalue weighted by Crippen LogP contribution is -2.30. The first-order valence-corrected chi connectivity index (χ1v) is 11.8. The Kier molecular flexibility index (Phi) is 6.08. The molecule has 5 rings (SSSR count). The average molecular weight is 491 g/mol. The highest BCUT2D eigenvalue weighted by Crippen LogP contribution is 2.35. The Balaban J connectivity index is 1.45. The van der Waals surface area contributed by atoms with Crippen LogP contribution in [0.3, 0.4) is 0 Å². The van der Waals surface area contributed by atoms with Crippen molar-refractivity contribution in [2.24, 2.45) is 4.99 Å². The van der Waals surface area contributed by atoms with Crippen molar-refractivity contribution in [2.45, 2.75) is 19.6 Å². The van der Waals surface area contributed by atoms with Gasteiger partial charge in [0.05, 0.1) is 18.6 Å². The highest BCUT2D eigenvalue weighted by atomic mass is 32.2. The van der Waals surface area contributed by atoms with E-state index in [1.807, 2.05) is 49.4 Å². The summed E-state index contributed by atoms with van der Waals surface area (Å²) in [6.07, 6.45) is 1.73. The summed E-state index contributed by atoms with van der Waals surface area (Å²) in [7, 11) is 1.33. The normalized spacial score (nSPS) is 15.6. The van der Waals surface area contributed by atoms with Crippen LogP contribution in [0, 0.1) is 13.8 Å². The molecule has 8 nitrogen and oxygen atoms in total. The average Bonchev–Trinajstić information content (AvgIpc) is 3.55. The number of benzene rings is 2. The Labute approximate surface area is 206 Å². The van der Waals surface area contributed by atoms with E-state index in [1.54, 1.807) is 24.0 Å². The van der Waals surface area contributed by atoms with Crippen LogP contribution in [0.5, 0.6) is 11.5 Å². The van der Waals surface area contributed by atoms with E-state index in [2.05, 4.69) is 4.99 Å². The van der Waals surface area contributed by atoms with Gasteiger partial charge in [-0.1, -0.05) is 35.5 Å². The number of amides is 1. The maximum Gasteiger partial charge on any atom is 0.341 e. The summed E-state index contributed by atoms with van der Waals surface area (Å²) in [4.78, 5) is 31.6. The number of esters is 1. The third kappa shape index (κ3) is 4.54. The number of aliphatic imine (C=N–C) groups is 1. The van der Waals surface area contributed by atoms with Gasteiger partial charge >= 0.3 is 5.97 Å². The summed E-state index contributed by atoms with van der Waals surface area (Å²) >= 11 is 1.35. The number of carbonyl (C=O) groups excluding carboxylic acids is 2. The minimum absolute atomic E-state index is 0.179. The van der Waals surface area contributed by atoms with Crippen LogP contribution >= 0.6 is 11.8 Å². The Morgan fingerprint density at radius 1 is 1.11 bits per heavy atom. The molecule has 3 aromatic rings. The SMILES string of the molecule is COC(=O)c1cc(CSC2=N/C(=C\c3ccc4c(c3)OCO4)C(=O)N2c2ccc(C)cc2)oc1C. The molecule has 0 bridgehead atoms. The number of hydrogen-bond acceptors (Lipinski definition) is 8. The van der Waals surface area contributed by atoms with Crippen LogP contribution in [0.15, 0.2) is 63.6 Å². The van der Waals surface area contributed by atoms with Gasteiger partial charge < -0.3 is 18.6 Å². The molecule has 3 heterocycles. The van der Waals surface area contributed by atoms with Gasteiger partial charge in [0.15, 0.2) is 16.7 Å². The molecular weight excluding hydrogens is 468 g/mol. The van der Waals surface area contributed by atoms with Crippen LogP contribution in [0.25, 0.3) is 6.08 Å². The predicted octanol–water partition coefficient (Wildman–Crippen LogP) is 5.09. The third-order valence-electron chi connectivity index (χ3n) is 5.54. The number of amidine groups is 1. The van der Waals surface area contributed by atoms with Crippen LogP contribution in [0.1, 0.15) is 33.0 Å². The van der Waals surface area contributed by atoms with Gasteiger partial charge in [-0.3, -0.25) is 9.69 Å². The third-order valence-corrected chi connectivity index (χ3v) is 6.50. The molecule has 0 N–H and O–H groups in total. The minimum Gasteiger partial charge on any atom is -0.465 e. The van der Waals surface area contributed by atoms with E-state index in [-0.39, 0.29) is 12.7 Å². The van der Waals surface area contributed by atoms with E-state index in [4.69, 9.17) is 18.6 Å². The summed E-state index contributed by atoms with van der Waals surface area (Å²) in [6.45, 7) is 3.88. The fraction of sp³-hybridized carbons (Fsp3) is 0.192. The fourth-order valence-corrected chi connectivity index (χ4v) is 4.63. The zero-order valence-electron chi connectivity index (χ0n) is 19.4. The van der Waals surface area contributed by atoms with E-state index in [0.29, 0.717) is 50.9 Å². The first-order valence-electron chi connectivity index (χ1n) is 10.8. The molecule has 2 aliphatic heterocycles. The van der Waals surface area contributed by atoms with Crippen molar-refractivity contribution in [1.82, 2.24) is 0 Å². The number of methoxy groups -OCH3 is 1. The van der Waals surface area contributed by atoms with Gasteiger partial charge in [-0.2, -0.15) is 0 Å². The molecule has 0 saturated heterocycles. The number of ether oxygens (including phenoxy) is 3. The van der Waals surface area contributed by atoms with Crippen molar-refractivity contribution >= 4 is 40.6 Å². The standard InChI is InChI=1S/C26H22N2O6S/c1-15-4-7-18(8-5-15)28-24(29)21(10-17-6-9-22-23(11-17)33-14-32-22)27-26(28)35-13-19-12-20(16(2)34-19)25(30)31-3/h4-12H,13-14H2,1-3H3/b21-10-. The molecule has 0 radical (unpaired) electrons. The van der Waals surface area contributed by atoms with Gasteiger partial charge in [-0.05, 0) is 55.8 Å². The van der Waals surface area contributed by atoms with Crippen molar-refractivity contribution < 1.29 is 28.2 Å². The lowest BCUT2D eigenvalue weighted by atomic mass is 10.1. The molecule has 35 heavy (non-hydrogen) atoms. The molecule has 1 amide bonds. The molecule has 0 spiro atoms. The lowest BCUT2D eigenvalue weighted by Gasteiger charge is -2.17. The molecule has 2 aromatic carbocycles. The van der Waals surface area contributed by atoms with E-state index in [9.17, 15) is 9.59 Å².